The van der Waals surface area contributed by atoms with E-state index >= 15 is 0 Å². The SMILES string of the molecule is COc1cc([C@H](CC(=O)Nc2ccc(OC(F)(F)F)cc2)c2c(O)cc(C)oc2=O)cc2c1OCO2. The van der Waals surface area contributed by atoms with Crippen LogP contribution < -0.4 is 29.9 Å². The number of carbonyl (C=O) groups excluding carboxylic acids is 1. The van der Waals surface area contributed by atoms with Gasteiger partial charge in [0.05, 0.1) is 12.7 Å². The zero-order valence-electron chi connectivity index (χ0n) is 19.0. The maximum atomic E-state index is 12.9. The molecule has 3 aromatic rings. The number of fused-ring (bicyclic) bond motifs is 1. The van der Waals surface area contributed by atoms with Crippen molar-refractivity contribution in [1.29, 1.82) is 0 Å². The summed E-state index contributed by atoms with van der Waals surface area (Å²) in [5, 5.41) is 13.1. The van der Waals surface area contributed by atoms with Crippen LogP contribution in [0.5, 0.6) is 28.7 Å². The number of aryl methyl sites for hydroxylation is 1. The molecule has 0 saturated heterocycles. The highest BCUT2D eigenvalue weighted by molar-refractivity contribution is 5.91. The fourth-order valence-electron chi connectivity index (χ4n) is 3.80. The van der Waals surface area contributed by atoms with E-state index < -0.39 is 29.6 Å². The van der Waals surface area contributed by atoms with Crippen LogP contribution in [0.15, 0.2) is 51.7 Å². The summed E-state index contributed by atoms with van der Waals surface area (Å²) in [6.45, 7) is 1.44. The number of amides is 1. The molecule has 0 aliphatic carbocycles. The fraction of sp³-hybridized carbons (Fsp3) is 0.250. The molecule has 1 aliphatic heterocycles. The van der Waals surface area contributed by atoms with Gasteiger partial charge in [-0.3, -0.25) is 4.79 Å². The Morgan fingerprint density at radius 2 is 1.89 bits per heavy atom. The Labute approximate surface area is 202 Å². The minimum absolute atomic E-state index is 0.0493. The lowest BCUT2D eigenvalue weighted by molar-refractivity contribution is -0.274. The first-order valence-corrected chi connectivity index (χ1v) is 10.5. The third-order valence-electron chi connectivity index (χ3n) is 5.28. The molecule has 1 amide bonds. The molecule has 1 atom stereocenters. The molecule has 0 bridgehead atoms. The predicted octanol–water partition coefficient (Wildman–Crippen LogP) is 4.45. The van der Waals surface area contributed by atoms with E-state index in [0.29, 0.717) is 22.8 Å². The van der Waals surface area contributed by atoms with Gasteiger partial charge in [0.2, 0.25) is 18.4 Å². The van der Waals surface area contributed by atoms with Crippen LogP contribution in [0.1, 0.15) is 29.2 Å². The van der Waals surface area contributed by atoms with Crippen molar-refractivity contribution in [2.75, 3.05) is 19.2 Å². The first-order chi connectivity index (χ1) is 17.0. The molecule has 2 heterocycles. The van der Waals surface area contributed by atoms with Gasteiger partial charge in [0, 0.05) is 24.1 Å². The molecule has 9 nitrogen and oxygen atoms in total. The number of rotatable bonds is 7. The second-order valence-corrected chi connectivity index (χ2v) is 7.78. The second-order valence-electron chi connectivity index (χ2n) is 7.78. The van der Waals surface area contributed by atoms with Crippen molar-refractivity contribution in [3.63, 3.8) is 0 Å². The lowest BCUT2D eigenvalue weighted by atomic mass is 9.88. The van der Waals surface area contributed by atoms with Crippen LogP contribution in [-0.4, -0.2) is 31.3 Å². The van der Waals surface area contributed by atoms with Gasteiger partial charge in [-0.25, -0.2) is 4.79 Å². The topological polar surface area (TPSA) is 116 Å². The van der Waals surface area contributed by atoms with Gasteiger partial charge in [-0.2, -0.15) is 0 Å². The molecule has 4 rings (SSSR count). The largest absolute Gasteiger partial charge is 0.573 e. The maximum absolute atomic E-state index is 12.9. The number of nitrogens with one attached hydrogen (secondary N) is 1. The van der Waals surface area contributed by atoms with Crippen LogP contribution in [0, 0.1) is 6.92 Å². The molecule has 0 saturated carbocycles. The number of carbonyl (C=O) groups is 1. The number of benzene rings is 2. The minimum atomic E-state index is -4.85. The van der Waals surface area contributed by atoms with E-state index in [1.54, 1.807) is 12.1 Å². The number of hydrogen-bond acceptors (Lipinski definition) is 8. The number of aromatic hydroxyl groups is 1. The lowest BCUT2D eigenvalue weighted by Crippen LogP contribution is -2.21. The van der Waals surface area contributed by atoms with Gasteiger partial charge in [-0.1, -0.05) is 0 Å². The molecule has 0 radical (unpaired) electrons. The van der Waals surface area contributed by atoms with Crippen molar-refractivity contribution < 1.29 is 46.4 Å². The van der Waals surface area contributed by atoms with Crippen molar-refractivity contribution in [2.45, 2.75) is 25.6 Å². The van der Waals surface area contributed by atoms with E-state index in [0.717, 1.165) is 12.1 Å². The van der Waals surface area contributed by atoms with E-state index in [1.807, 2.05) is 0 Å². The van der Waals surface area contributed by atoms with Crippen LogP contribution in [0.3, 0.4) is 0 Å². The summed E-state index contributed by atoms with van der Waals surface area (Å²) in [7, 11) is 1.41. The summed E-state index contributed by atoms with van der Waals surface area (Å²) < 4.78 is 62.3. The van der Waals surface area contributed by atoms with Gasteiger partial charge < -0.3 is 33.8 Å². The Balaban J connectivity index is 1.65. The Morgan fingerprint density at radius 1 is 1.17 bits per heavy atom. The number of alkyl halides is 3. The molecule has 2 aromatic carbocycles. The monoisotopic (exact) mass is 507 g/mol. The molecular weight excluding hydrogens is 487 g/mol. The summed E-state index contributed by atoms with van der Waals surface area (Å²) in [6.07, 6.45) is -5.19. The molecule has 2 N–H and O–H groups in total. The van der Waals surface area contributed by atoms with Crippen molar-refractivity contribution in [3.8, 4) is 28.7 Å². The molecule has 36 heavy (non-hydrogen) atoms. The lowest BCUT2D eigenvalue weighted by Gasteiger charge is -2.19. The standard InChI is InChI=1S/C24H20F3NO8/c1-12-7-17(29)21(23(31)35-12)16(13-8-18(32-2)22-19(9-13)33-11-34-22)10-20(30)28-14-3-5-15(6-4-14)36-24(25,26)27/h3-9,16,29H,10-11H2,1-2H3,(H,28,30)/t16-/m0/s1. The Kier molecular flexibility index (Phi) is 6.69. The number of anilines is 1. The van der Waals surface area contributed by atoms with Gasteiger partial charge in [-0.15, -0.1) is 13.2 Å². The molecule has 0 unspecified atom stereocenters. The van der Waals surface area contributed by atoms with Crippen LogP contribution >= 0.6 is 0 Å². The third kappa shape index (κ3) is 5.48. The highest BCUT2D eigenvalue weighted by atomic mass is 19.4. The quantitative estimate of drug-likeness (QED) is 0.482. The Hall–Kier alpha value is -4.35. The average Bonchev–Trinajstić information content (AvgIpc) is 3.26. The molecule has 190 valence electrons. The minimum Gasteiger partial charge on any atom is -0.507 e. The summed E-state index contributed by atoms with van der Waals surface area (Å²) >= 11 is 0. The smallest absolute Gasteiger partial charge is 0.507 e. The van der Waals surface area contributed by atoms with E-state index in [-0.39, 0.29) is 36.0 Å². The van der Waals surface area contributed by atoms with Crippen molar-refractivity contribution in [2.24, 2.45) is 0 Å². The highest BCUT2D eigenvalue weighted by Crippen LogP contribution is 2.45. The fourth-order valence-corrected chi connectivity index (χ4v) is 3.80. The molecule has 0 spiro atoms. The molecule has 0 fully saturated rings. The Morgan fingerprint density at radius 3 is 2.53 bits per heavy atom. The van der Waals surface area contributed by atoms with Crippen molar-refractivity contribution in [1.82, 2.24) is 0 Å². The van der Waals surface area contributed by atoms with Gasteiger partial charge in [-0.05, 0) is 48.9 Å². The van der Waals surface area contributed by atoms with Crippen LogP contribution in [-0.2, 0) is 4.79 Å². The van der Waals surface area contributed by atoms with Gasteiger partial charge in [0.25, 0.3) is 0 Å². The average molecular weight is 507 g/mol. The number of ether oxygens (including phenoxy) is 4. The van der Waals surface area contributed by atoms with Crippen LogP contribution in [0.2, 0.25) is 0 Å². The maximum Gasteiger partial charge on any atom is 0.573 e. The molecule has 12 heteroatoms. The first kappa shape index (κ1) is 24.8. The van der Waals surface area contributed by atoms with E-state index in [4.69, 9.17) is 18.6 Å². The van der Waals surface area contributed by atoms with Crippen molar-refractivity contribution in [3.05, 3.63) is 69.8 Å². The highest BCUT2D eigenvalue weighted by Gasteiger charge is 2.31. The zero-order valence-corrected chi connectivity index (χ0v) is 19.0. The summed E-state index contributed by atoms with van der Waals surface area (Å²) in [4.78, 5) is 25.6. The van der Waals surface area contributed by atoms with E-state index in [1.165, 1.54) is 32.2 Å². The van der Waals surface area contributed by atoms with Gasteiger partial charge >= 0.3 is 12.0 Å². The van der Waals surface area contributed by atoms with Crippen molar-refractivity contribution >= 4 is 11.6 Å². The molecule has 1 aliphatic rings. The van der Waals surface area contributed by atoms with E-state index in [2.05, 4.69) is 10.1 Å². The van der Waals surface area contributed by atoms with Gasteiger partial charge in [0.15, 0.2) is 11.5 Å². The predicted molar refractivity (Wildman–Crippen MR) is 119 cm³/mol. The first-order valence-electron chi connectivity index (χ1n) is 10.5. The summed E-state index contributed by atoms with van der Waals surface area (Å²) in [5.74, 6) is -1.27. The number of halogens is 3. The third-order valence-corrected chi connectivity index (χ3v) is 5.28. The molecule has 1 aromatic heterocycles. The molecular formula is C24H20F3NO8. The van der Waals surface area contributed by atoms with Crippen LogP contribution in [0.4, 0.5) is 18.9 Å². The number of methoxy groups -OCH3 is 1. The zero-order chi connectivity index (χ0) is 26.0. The van der Waals surface area contributed by atoms with Gasteiger partial charge in [0.1, 0.15) is 17.3 Å². The second kappa shape index (κ2) is 9.72. The van der Waals surface area contributed by atoms with E-state index in [9.17, 15) is 27.9 Å². The number of hydrogen-bond donors (Lipinski definition) is 2. The summed E-state index contributed by atoms with van der Waals surface area (Å²) in [5.41, 5.74) is -0.412. The Bertz CT molecular complexity index is 1330. The normalized spacial score (nSPS) is 13.2. The summed E-state index contributed by atoms with van der Waals surface area (Å²) in [6, 6.07) is 8.92. The van der Waals surface area contributed by atoms with Crippen LogP contribution in [0.25, 0.3) is 0 Å².